The summed E-state index contributed by atoms with van der Waals surface area (Å²) in [5.41, 5.74) is 13.1. The van der Waals surface area contributed by atoms with Gasteiger partial charge in [0.05, 0.1) is 7.74 Å². The maximum atomic E-state index is 2.66. The summed E-state index contributed by atoms with van der Waals surface area (Å²) in [5.74, 6) is 0. The molecule has 0 unspecified atom stereocenters. The van der Waals surface area contributed by atoms with Gasteiger partial charge in [-0.2, -0.15) is 0 Å². The van der Waals surface area contributed by atoms with Crippen LogP contribution in [0.15, 0.2) is 24.3 Å². The van der Waals surface area contributed by atoms with Crippen molar-refractivity contribution in [2.75, 3.05) is 0 Å². The SMILES string of the molecule is CC[Si](CC)(CC)P1C(c2c(C(C)(C)C)cc(C(C)(C)C)cc2C(C)(C)C)=P(C(C)(C)C)=C1c1c(C(C)(C)C)cc(C(C)(C)C)cc1C(C)(C)C. The second-order valence-electron chi connectivity index (χ2n) is 23.2. The van der Waals surface area contributed by atoms with Crippen LogP contribution in [0.1, 0.15) is 211 Å². The van der Waals surface area contributed by atoms with Crippen LogP contribution in [0.5, 0.6) is 0 Å². The number of rotatable bonds is 6. The van der Waals surface area contributed by atoms with Crippen LogP contribution < -0.4 is 0 Å². The van der Waals surface area contributed by atoms with E-state index < -0.39 is 22.4 Å². The van der Waals surface area contributed by atoms with Gasteiger partial charge >= 0.3 is 0 Å². The zero-order chi connectivity index (χ0) is 39.9. The Balaban J connectivity index is 2.98. The minimum Gasteiger partial charge on any atom is -0.102 e. The molecule has 2 aromatic rings. The summed E-state index contributed by atoms with van der Waals surface area (Å²) >= 11 is 0. The van der Waals surface area contributed by atoms with Gasteiger partial charge in [-0.15, -0.1) is 7.17 Å². The minimum absolute atomic E-state index is 0.0373. The predicted molar refractivity (Wildman–Crippen MR) is 244 cm³/mol. The van der Waals surface area contributed by atoms with Gasteiger partial charge < -0.3 is 0 Å². The van der Waals surface area contributed by atoms with E-state index in [1.54, 1.807) is 33.4 Å². The summed E-state index contributed by atoms with van der Waals surface area (Å²) in [6, 6.07) is 14.7. The second-order valence-corrected chi connectivity index (χ2v) is 37.1. The van der Waals surface area contributed by atoms with Crippen LogP contribution in [-0.2, 0) is 32.5 Å². The number of hydrogen-bond acceptors (Lipinski definition) is 0. The quantitative estimate of drug-likeness (QED) is 0.204. The van der Waals surface area contributed by atoms with E-state index in [9.17, 15) is 0 Å². The Morgan fingerprint density at radius 3 is 0.784 bits per heavy atom. The standard InChI is InChI=1S/C48H82P2Si/c1-25-51(26-2,27-3)50-40(38-34(44(10,11)12)28-32(42(4,5)6)29-35(38)45(13,14)15)49(48(22,23)24)41(50)39-36(46(16,17)18)30-33(43(7,8)9)31-37(39)47(19,20)21/h28-31H,25-27H2,1-24H3. The van der Waals surface area contributed by atoms with Crippen LogP contribution in [0, 0.1) is 0 Å². The number of benzene rings is 2. The maximum Gasteiger partial charge on any atom is 0.0920 e. The Morgan fingerprint density at radius 2 is 0.627 bits per heavy atom. The monoisotopic (exact) mass is 749 g/mol. The van der Waals surface area contributed by atoms with E-state index in [0.717, 1.165) is 0 Å². The molecule has 0 aliphatic carbocycles. The van der Waals surface area contributed by atoms with Crippen LogP contribution >= 0.6 is 14.6 Å². The van der Waals surface area contributed by atoms with E-state index in [0.29, 0.717) is 0 Å². The molecule has 51 heavy (non-hydrogen) atoms. The van der Waals surface area contributed by atoms with Gasteiger partial charge in [-0.05, 0) is 84.5 Å². The highest BCUT2D eigenvalue weighted by atomic mass is 31.4. The lowest BCUT2D eigenvalue weighted by molar-refractivity contribution is 0.546. The van der Waals surface area contributed by atoms with E-state index in [-0.39, 0.29) is 37.6 Å². The van der Waals surface area contributed by atoms with Crippen LogP contribution in [0.4, 0.5) is 0 Å². The molecule has 0 saturated carbocycles. The van der Waals surface area contributed by atoms with E-state index in [1.165, 1.54) is 29.3 Å². The molecule has 1 aliphatic heterocycles. The van der Waals surface area contributed by atoms with Crippen molar-refractivity contribution in [1.29, 1.82) is 0 Å². The van der Waals surface area contributed by atoms with E-state index in [4.69, 9.17) is 0 Å². The van der Waals surface area contributed by atoms with Crippen molar-refractivity contribution in [1.82, 2.24) is 0 Å². The third kappa shape index (κ3) is 8.68. The summed E-state index contributed by atoms with van der Waals surface area (Å²) in [6.45, 7) is 59.8. The fourth-order valence-corrected chi connectivity index (χ4v) is 30.7. The van der Waals surface area contributed by atoms with Crippen molar-refractivity contribution in [3.05, 3.63) is 68.8 Å². The van der Waals surface area contributed by atoms with E-state index in [1.807, 2.05) is 10.1 Å². The van der Waals surface area contributed by atoms with Gasteiger partial charge in [-0.3, -0.25) is 0 Å². The molecule has 0 N–H and O–H groups in total. The second kappa shape index (κ2) is 14.0. The van der Waals surface area contributed by atoms with Gasteiger partial charge in [0.25, 0.3) is 0 Å². The molecule has 0 aromatic heterocycles. The molecule has 3 rings (SSSR count). The molecule has 0 saturated heterocycles. The molecule has 0 amide bonds. The van der Waals surface area contributed by atoms with Gasteiger partial charge in [0, 0.05) is 15.2 Å². The van der Waals surface area contributed by atoms with Gasteiger partial charge in [-0.1, -0.05) is 209 Å². The van der Waals surface area contributed by atoms with Gasteiger partial charge in [0.15, 0.2) is 0 Å². The fraction of sp³-hybridized carbons (Fsp3) is 0.708. The molecule has 0 radical (unpaired) electrons. The first-order valence-electron chi connectivity index (χ1n) is 20.3. The Kier molecular flexibility index (Phi) is 12.2. The van der Waals surface area contributed by atoms with Gasteiger partial charge in [0.1, 0.15) is 0 Å². The first kappa shape index (κ1) is 44.5. The molecule has 0 nitrogen and oxygen atoms in total. The molecular formula is C48H82P2Si. The largest absolute Gasteiger partial charge is 0.102 e. The van der Waals surface area contributed by atoms with E-state index >= 15 is 0 Å². The van der Waals surface area contributed by atoms with Gasteiger partial charge in [0.2, 0.25) is 0 Å². The zero-order valence-corrected chi connectivity index (χ0v) is 41.1. The molecule has 288 valence electrons. The first-order valence-corrected chi connectivity index (χ1v) is 26.5. The van der Waals surface area contributed by atoms with Crippen molar-refractivity contribution < 1.29 is 0 Å². The molecule has 0 atom stereocenters. The van der Waals surface area contributed by atoms with Crippen molar-refractivity contribution in [2.24, 2.45) is 0 Å². The predicted octanol–water partition coefficient (Wildman–Crippen LogP) is 15.9. The molecule has 1 heterocycles. The van der Waals surface area contributed by atoms with Crippen LogP contribution in [-0.4, -0.2) is 23.0 Å². The lowest BCUT2D eigenvalue weighted by atomic mass is 9.72. The highest BCUT2D eigenvalue weighted by Crippen LogP contribution is 2.72. The molecule has 2 aromatic carbocycles. The highest BCUT2D eigenvalue weighted by Gasteiger charge is 2.52. The first-order chi connectivity index (χ1) is 22.6. The highest BCUT2D eigenvalue weighted by molar-refractivity contribution is 8.31. The van der Waals surface area contributed by atoms with Crippen LogP contribution in [0.2, 0.25) is 18.1 Å². The van der Waals surface area contributed by atoms with Crippen molar-refractivity contribution in [2.45, 2.75) is 222 Å². The Morgan fingerprint density at radius 1 is 0.392 bits per heavy atom. The van der Waals surface area contributed by atoms with Crippen molar-refractivity contribution in [3.63, 3.8) is 0 Å². The maximum absolute atomic E-state index is 2.66. The molecule has 1 aliphatic rings. The summed E-state index contributed by atoms with van der Waals surface area (Å²) < 4.78 is 0. The topological polar surface area (TPSA) is 0 Å². The van der Waals surface area contributed by atoms with Gasteiger partial charge in [-0.25, -0.2) is 0 Å². The molecule has 3 heteroatoms. The van der Waals surface area contributed by atoms with Crippen LogP contribution in [0.3, 0.4) is 0 Å². The molecule has 0 bridgehead atoms. The Bertz CT molecular complexity index is 1520. The molecular weight excluding hydrogens is 667 g/mol. The normalized spacial score (nSPS) is 18.0. The van der Waals surface area contributed by atoms with Crippen molar-refractivity contribution in [3.8, 4) is 0 Å². The zero-order valence-electron chi connectivity index (χ0n) is 38.3. The van der Waals surface area contributed by atoms with Crippen LogP contribution in [0.25, 0.3) is 0 Å². The summed E-state index contributed by atoms with van der Waals surface area (Å²) in [4.78, 5) is 0. The summed E-state index contributed by atoms with van der Waals surface area (Å²) in [7, 11) is -2.80. The minimum atomic E-state index is -1.77. The van der Waals surface area contributed by atoms with E-state index in [2.05, 4.69) is 190 Å². The Labute approximate surface area is 321 Å². The fourth-order valence-electron chi connectivity index (χ4n) is 8.11. The lowest BCUT2D eigenvalue weighted by Crippen LogP contribution is -2.42. The average Bonchev–Trinajstić information content (AvgIpc) is 2.90. The average molecular weight is 749 g/mol. The third-order valence-electron chi connectivity index (χ3n) is 11.7. The summed E-state index contributed by atoms with van der Waals surface area (Å²) in [6.07, 6.45) is 0. The smallest absolute Gasteiger partial charge is 0.0920 e. The molecule has 0 spiro atoms. The molecule has 0 fully saturated rings. The van der Waals surface area contributed by atoms with Crippen molar-refractivity contribution >= 4 is 32.4 Å². The third-order valence-corrected chi connectivity index (χ3v) is 31.0. The number of hydrogen-bond donors (Lipinski definition) is 0. The Hall–Kier alpha value is -0.873. The lowest BCUT2D eigenvalue weighted by Gasteiger charge is -2.52. The summed E-state index contributed by atoms with van der Waals surface area (Å²) in [5, 5.41) is 4.00.